The topological polar surface area (TPSA) is 42.0 Å². The first-order valence-corrected chi connectivity index (χ1v) is 7.94. The van der Waals surface area contributed by atoms with Crippen LogP contribution in [-0.2, 0) is 4.79 Å². The number of anilines is 1. The van der Waals surface area contributed by atoms with E-state index in [-0.39, 0.29) is 11.3 Å². The third-order valence-electron chi connectivity index (χ3n) is 5.53. The first-order valence-electron chi connectivity index (χ1n) is 7.57. The van der Waals surface area contributed by atoms with Crippen LogP contribution in [0, 0.1) is 23.2 Å². The van der Waals surface area contributed by atoms with E-state index in [4.69, 9.17) is 11.6 Å². The van der Waals surface area contributed by atoms with Crippen molar-refractivity contribution in [3.63, 3.8) is 0 Å². The molecule has 0 unspecified atom stereocenters. The molecule has 4 aliphatic rings. The fraction of sp³-hybridized carbons (Fsp3) is 0.625. The molecule has 1 aromatic rings. The number of hydrogen-bond donors (Lipinski definition) is 1. The van der Waals surface area contributed by atoms with Crippen LogP contribution in [0.4, 0.5) is 5.69 Å². The summed E-state index contributed by atoms with van der Waals surface area (Å²) < 4.78 is 0. The molecule has 4 heteroatoms. The molecule has 3 nitrogen and oxygen atoms in total. The Balaban J connectivity index is 1.58. The summed E-state index contributed by atoms with van der Waals surface area (Å²) >= 11 is 6.05. The van der Waals surface area contributed by atoms with Gasteiger partial charge >= 0.3 is 0 Å². The summed E-state index contributed by atoms with van der Waals surface area (Å²) in [5, 5.41) is 3.41. The van der Waals surface area contributed by atoms with Gasteiger partial charge in [-0.1, -0.05) is 11.6 Å². The minimum Gasteiger partial charge on any atom is -0.323 e. The molecular formula is C16H19ClN2O. The summed E-state index contributed by atoms with van der Waals surface area (Å²) in [6, 6.07) is 3.63. The van der Waals surface area contributed by atoms with Crippen molar-refractivity contribution in [2.75, 3.05) is 5.32 Å². The highest BCUT2D eigenvalue weighted by Gasteiger charge is 2.54. The quantitative estimate of drug-likeness (QED) is 0.840. The average molecular weight is 291 g/mol. The molecule has 5 rings (SSSR count). The lowest BCUT2D eigenvalue weighted by Gasteiger charge is -2.55. The zero-order valence-corrected chi connectivity index (χ0v) is 12.2. The van der Waals surface area contributed by atoms with Crippen LogP contribution in [0.25, 0.3) is 0 Å². The lowest BCUT2D eigenvalue weighted by atomic mass is 9.49. The van der Waals surface area contributed by atoms with Gasteiger partial charge in [-0.25, -0.2) is 4.98 Å². The van der Waals surface area contributed by atoms with Gasteiger partial charge in [-0.15, -0.1) is 0 Å². The summed E-state index contributed by atoms with van der Waals surface area (Å²) in [5.41, 5.74) is 0.517. The van der Waals surface area contributed by atoms with Crippen molar-refractivity contribution in [1.29, 1.82) is 0 Å². The summed E-state index contributed by atoms with van der Waals surface area (Å²) in [7, 11) is 0. The number of halogens is 1. The highest BCUT2D eigenvalue weighted by atomic mass is 35.5. The van der Waals surface area contributed by atoms with Crippen LogP contribution in [0.1, 0.15) is 38.5 Å². The van der Waals surface area contributed by atoms with Gasteiger partial charge in [0.1, 0.15) is 0 Å². The maximum absolute atomic E-state index is 12.8. The second-order valence-electron chi connectivity index (χ2n) is 6.99. The molecule has 4 fully saturated rings. The second kappa shape index (κ2) is 4.45. The van der Waals surface area contributed by atoms with Crippen LogP contribution in [0.5, 0.6) is 0 Å². The number of pyridine rings is 1. The Hall–Kier alpha value is -1.09. The standard InChI is InChI=1S/C16H19ClN2O/c17-14-13(2-1-3-18-14)19-15(20)16-7-10-4-11(8-16)6-12(5-10)9-16/h1-3,10-12H,4-9H2,(H,19,20). The minimum atomic E-state index is -0.131. The van der Waals surface area contributed by atoms with E-state index in [9.17, 15) is 4.79 Å². The van der Waals surface area contributed by atoms with Crippen molar-refractivity contribution >= 4 is 23.2 Å². The van der Waals surface area contributed by atoms with Crippen LogP contribution >= 0.6 is 11.6 Å². The summed E-state index contributed by atoms with van der Waals surface area (Å²) in [6.45, 7) is 0. The molecule has 0 spiro atoms. The van der Waals surface area contributed by atoms with Gasteiger partial charge in [-0.05, 0) is 68.4 Å². The van der Waals surface area contributed by atoms with Crippen LogP contribution in [-0.4, -0.2) is 10.9 Å². The maximum atomic E-state index is 12.8. The van der Waals surface area contributed by atoms with Gasteiger partial charge in [0.05, 0.1) is 11.1 Å². The number of amides is 1. The normalized spacial score (nSPS) is 38.0. The van der Waals surface area contributed by atoms with E-state index in [0.717, 1.165) is 37.0 Å². The van der Waals surface area contributed by atoms with Gasteiger partial charge in [0, 0.05) is 6.20 Å². The maximum Gasteiger partial charge on any atom is 0.230 e. The molecule has 0 saturated heterocycles. The number of nitrogens with one attached hydrogen (secondary N) is 1. The minimum absolute atomic E-state index is 0.131. The molecule has 1 amide bonds. The largest absolute Gasteiger partial charge is 0.323 e. The third-order valence-corrected chi connectivity index (χ3v) is 5.83. The molecule has 0 radical (unpaired) electrons. The Morgan fingerprint density at radius 1 is 1.20 bits per heavy atom. The lowest BCUT2D eigenvalue weighted by Crippen LogP contribution is -2.51. The molecule has 4 bridgehead atoms. The van der Waals surface area contributed by atoms with Crippen LogP contribution in [0.2, 0.25) is 5.15 Å². The van der Waals surface area contributed by atoms with Crippen molar-refractivity contribution in [3.8, 4) is 0 Å². The fourth-order valence-corrected chi connectivity index (χ4v) is 5.29. The zero-order valence-electron chi connectivity index (χ0n) is 11.4. The zero-order chi connectivity index (χ0) is 13.7. The Labute approximate surface area is 124 Å². The molecule has 0 aromatic carbocycles. The molecule has 1 aromatic heterocycles. The van der Waals surface area contributed by atoms with Crippen LogP contribution in [0.3, 0.4) is 0 Å². The first kappa shape index (κ1) is 12.6. The van der Waals surface area contributed by atoms with Gasteiger partial charge in [-0.2, -0.15) is 0 Å². The van der Waals surface area contributed by atoms with E-state index in [1.54, 1.807) is 12.3 Å². The molecular weight excluding hydrogens is 272 g/mol. The predicted molar refractivity (Wildman–Crippen MR) is 78.5 cm³/mol. The van der Waals surface area contributed by atoms with E-state index in [2.05, 4.69) is 10.3 Å². The third kappa shape index (κ3) is 1.95. The number of rotatable bonds is 2. The Bertz CT molecular complexity index is 522. The molecule has 1 N–H and O–H groups in total. The fourth-order valence-electron chi connectivity index (χ4n) is 5.12. The summed E-state index contributed by atoms with van der Waals surface area (Å²) in [5.74, 6) is 2.50. The van der Waals surface area contributed by atoms with Gasteiger partial charge in [0.15, 0.2) is 5.15 Å². The second-order valence-corrected chi connectivity index (χ2v) is 7.35. The Morgan fingerprint density at radius 2 is 1.80 bits per heavy atom. The van der Waals surface area contributed by atoms with Crippen LogP contribution in [0.15, 0.2) is 18.3 Å². The number of nitrogens with zero attached hydrogens (tertiary/aromatic N) is 1. The number of carbonyl (C=O) groups excluding carboxylic acids is 1. The monoisotopic (exact) mass is 290 g/mol. The molecule has 106 valence electrons. The SMILES string of the molecule is O=C(Nc1cccnc1Cl)C12CC3CC(CC(C3)C1)C2. The van der Waals surface area contributed by atoms with Gasteiger partial charge < -0.3 is 5.32 Å². The van der Waals surface area contributed by atoms with Gasteiger partial charge in [0.2, 0.25) is 5.91 Å². The van der Waals surface area contributed by atoms with Crippen molar-refractivity contribution in [1.82, 2.24) is 4.98 Å². The van der Waals surface area contributed by atoms with E-state index >= 15 is 0 Å². The number of aromatic nitrogens is 1. The van der Waals surface area contributed by atoms with Crippen molar-refractivity contribution in [2.45, 2.75) is 38.5 Å². The van der Waals surface area contributed by atoms with Crippen molar-refractivity contribution in [3.05, 3.63) is 23.5 Å². The summed E-state index contributed by atoms with van der Waals surface area (Å²) in [4.78, 5) is 16.8. The molecule has 0 aliphatic heterocycles. The number of hydrogen-bond acceptors (Lipinski definition) is 2. The van der Waals surface area contributed by atoms with E-state index in [0.29, 0.717) is 10.8 Å². The lowest BCUT2D eigenvalue weighted by molar-refractivity contribution is -0.140. The smallest absolute Gasteiger partial charge is 0.230 e. The Kier molecular flexibility index (Phi) is 2.81. The Morgan fingerprint density at radius 3 is 2.35 bits per heavy atom. The van der Waals surface area contributed by atoms with Crippen LogP contribution < -0.4 is 5.32 Å². The molecule has 20 heavy (non-hydrogen) atoms. The average Bonchev–Trinajstić information content (AvgIpc) is 2.40. The highest BCUT2D eigenvalue weighted by Crippen LogP contribution is 2.60. The van der Waals surface area contributed by atoms with Gasteiger partial charge in [0.25, 0.3) is 0 Å². The van der Waals surface area contributed by atoms with E-state index in [1.165, 1.54) is 19.3 Å². The molecule has 1 heterocycles. The van der Waals surface area contributed by atoms with E-state index < -0.39 is 0 Å². The van der Waals surface area contributed by atoms with Gasteiger partial charge in [-0.3, -0.25) is 4.79 Å². The molecule has 4 aliphatic carbocycles. The number of carbonyl (C=O) groups is 1. The highest BCUT2D eigenvalue weighted by molar-refractivity contribution is 6.32. The van der Waals surface area contributed by atoms with E-state index in [1.807, 2.05) is 6.07 Å². The first-order chi connectivity index (χ1) is 9.64. The molecule has 0 atom stereocenters. The predicted octanol–water partition coefficient (Wildman–Crippen LogP) is 3.89. The van der Waals surface area contributed by atoms with Crippen molar-refractivity contribution in [2.24, 2.45) is 23.2 Å². The van der Waals surface area contributed by atoms with Crippen molar-refractivity contribution < 1.29 is 4.79 Å². The molecule has 4 saturated carbocycles. The summed E-state index contributed by atoms with van der Waals surface area (Å²) in [6.07, 6.45) is 8.90.